The second-order valence-electron chi connectivity index (χ2n) is 5.04. The molecule has 1 unspecified atom stereocenters. The summed E-state index contributed by atoms with van der Waals surface area (Å²) in [4.78, 5) is 0. The van der Waals surface area contributed by atoms with Crippen molar-refractivity contribution < 1.29 is 4.39 Å². The maximum Gasteiger partial charge on any atom is 0.126 e. The summed E-state index contributed by atoms with van der Waals surface area (Å²) in [7, 11) is 0. The number of rotatable bonds is 5. The molecule has 2 rings (SSSR count). The van der Waals surface area contributed by atoms with Gasteiger partial charge in [0.15, 0.2) is 0 Å². The lowest BCUT2D eigenvalue weighted by atomic mass is 9.97. The van der Waals surface area contributed by atoms with Gasteiger partial charge in [0.25, 0.3) is 0 Å². The zero-order valence-electron chi connectivity index (χ0n) is 12.1. The Morgan fingerprint density at radius 2 is 1.95 bits per heavy atom. The average Bonchev–Trinajstić information content (AvgIpc) is 2.47. The molecule has 0 aliphatic heterocycles. The first-order valence-corrected chi connectivity index (χ1v) is 7.73. The van der Waals surface area contributed by atoms with E-state index in [9.17, 15) is 4.39 Å². The first-order chi connectivity index (χ1) is 10.0. The predicted molar refractivity (Wildman–Crippen MR) is 87.7 cm³/mol. The minimum Gasteiger partial charge on any atom is -0.306 e. The molecule has 1 nitrogen and oxygen atoms in total. The lowest BCUT2D eigenvalue weighted by Crippen LogP contribution is -2.23. The monoisotopic (exact) mass is 325 g/mol. The van der Waals surface area contributed by atoms with Crippen molar-refractivity contribution in [3.63, 3.8) is 0 Å². The van der Waals surface area contributed by atoms with Gasteiger partial charge in [-0.05, 0) is 48.7 Å². The van der Waals surface area contributed by atoms with Crippen LogP contribution in [-0.2, 0) is 0 Å². The van der Waals surface area contributed by atoms with E-state index in [0.29, 0.717) is 15.6 Å². The highest BCUT2D eigenvalue weighted by Crippen LogP contribution is 2.33. The first-order valence-electron chi connectivity index (χ1n) is 6.98. The zero-order chi connectivity index (χ0) is 15.4. The van der Waals surface area contributed by atoms with Gasteiger partial charge < -0.3 is 5.32 Å². The van der Waals surface area contributed by atoms with Crippen LogP contribution in [-0.4, -0.2) is 6.54 Å². The molecule has 0 aliphatic rings. The highest BCUT2D eigenvalue weighted by atomic mass is 35.5. The molecule has 4 heteroatoms. The Morgan fingerprint density at radius 1 is 1.19 bits per heavy atom. The highest BCUT2D eigenvalue weighted by molar-refractivity contribution is 6.42. The molecule has 0 heterocycles. The molecule has 1 N–H and O–H groups in total. The van der Waals surface area contributed by atoms with Crippen molar-refractivity contribution in [3.8, 4) is 0 Å². The number of hydrogen-bond acceptors (Lipinski definition) is 1. The van der Waals surface area contributed by atoms with E-state index in [0.717, 1.165) is 24.1 Å². The minimum absolute atomic E-state index is 0.101. The van der Waals surface area contributed by atoms with Crippen LogP contribution in [0, 0.1) is 12.7 Å². The van der Waals surface area contributed by atoms with Gasteiger partial charge in [0.2, 0.25) is 0 Å². The van der Waals surface area contributed by atoms with E-state index in [1.54, 1.807) is 19.1 Å². The molecule has 0 radical (unpaired) electrons. The molecule has 0 amide bonds. The van der Waals surface area contributed by atoms with Gasteiger partial charge in [-0.25, -0.2) is 4.39 Å². The fraction of sp³-hybridized carbons (Fsp3) is 0.294. The van der Waals surface area contributed by atoms with E-state index in [1.165, 1.54) is 6.07 Å². The summed E-state index contributed by atoms with van der Waals surface area (Å²) in [6.07, 6.45) is 0.995. The van der Waals surface area contributed by atoms with Crippen LogP contribution in [0.5, 0.6) is 0 Å². The quantitative estimate of drug-likeness (QED) is 0.762. The Kier molecular flexibility index (Phi) is 5.63. The third-order valence-corrected chi connectivity index (χ3v) is 4.24. The van der Waals surface area contributed by atoms with Crippen LogP contribution in [0.25, 0.3) is 0 Å². The summed E-state index contributed by atoms with van der Waals surface area (Å²) < 4.78 is 13.5. The molecule has 0 bridgehead atoms. The van der Waals surface area contributed by atoms with Crippen molar-refractivity contribution in [2.75, 3.05) is 6.54 Å². The molecule has 2 aromatic carbocycles. The number of halogens is 3. The Labute approximate surface area is 135 Å². The third kappa shape index (κ3) is 3.76. The SMILES string of the molecule is CCCNC(c1ccc(F)c(C)c1)c1cccc(Cl)c1Cl. The van der Waals surface area contributed by atoms with E-state index in [2.05, 4.69) is 12.2 Å². The Bertz CT molecular complexity index is 628. The molecule has 0 fully saturated rings. The predicted octanol–water partition coefficient (Wildman–Crippen LogP) is 5.53. The van der Waals surface area contributed by atoms with Gasteiger partial charge in [-0.1, -0.05) is 54.4 Å². The number of benzene rings is 2. The van der Waals surface area contributed by atoms with Crippen molar-refractivity contribution in [1.29, 1.82) is 0 Å². The standard InChI is InChI=1S/C17H18Cl2FN/c1-3-9-21-17(12-7-8-15(20)11(2)10-12)13-5-4-6-14(18)16(13)19/h4-8,10,17,21H,3,9H2,1-2H3. The largest absolute Gasteiger partial charge is 0.306 e. The molecule has 1 atom stereocenters. The van der Waals surface area contributed by atoms with Crippen LogP contribution >= 0.6 is 23.2 Å². The van der Waals surface area contributed by atoms with E-state index in [1.807, 2.05) is 18.2 Å². The van der Waals surface area contributed by atoms with Crippen molar-refractivity contribution >= 4 is 23.2 Å². The lowest BCUT2D eigenvalue weighted by molar-refractivity contribution is 0.590. The van der Waals surface area contributed by atoms with Gasteiger partial charge in [0.1, 0.15) is 5.82 Å². The normalized spacial score (nSPS) is 12.4. The summed E-state index contributed by atoms with van der Waals surface area (Å²) in [5.41, 5.74) is 2.50. The third-order valence-electron chi connectivity index (χ3n) is 3.41. The summed E-state index contributed by atoms with van der Waals surface area (Å²) in [6, 6.07) is 10.6. The Morgan fingerprint density at radius 3 is 2.62 bits per heavy atom. The molecular weight excluding hydrogens is 308 g/mol. The van der Waals surface area contributed by atoms with Crippen molar-refractivity contribution in [2.24, 2.45) is 0 Å². The molecule has 0 spiro atoms. The minimum atomic E-state index is -0.204. The van der Waals surface area contributed by atoms with Gasteiger partial charge >= 0.3 is 0 Å². The summed E-state index contributed by atoms with van der Waals surface area (Å²) in [6.45, 7) is 4.69. The topological polar surface area (TPSA) is 12.0 Å². The van der Waals surface area contributed by atoms with Crippen molar-refractivity contribution in [1.82, 2.24) is 5.32 Å². The summed E-state index contributed by atoms with van der Waals surface area (Å²) in [5.74, 6) is -0.204. The maximum atomic E-state index is 13.5. The van der Waals surface area contributed by atoms with Gasteiger partial charge in [0, 0.05) is 0 Å². The molecule has 0 saturated heterocycles. The van der Waals surface area contributed by atoms with Crippen LogP contribution in [0.2, 0.25) is 10.0 Å². The number of aryl methyl sites for hydroxylation is 1. The molecule has 2 aromatic rings. The van der Waals surface area contributed by atoms with Crippen LogP contribution in [0.3, 0.4) is 0 Å². The second-order valence-corrected chi connectivity index (χ2v) is 5.82. The van der Waals surface area contributed by atoms with Gasteiger partial charge in [0.05, 0.1) is 16.1 Å². The average molecular weight is 326 g/mol. The summed E-state index contributed by atoms with van der Waals surface area (Å²) >= 11 is 12.5. The molecule has 21 heavy (non-hydrogen) atoms. The number of hydrogen-bond donors (Lipinski definition) is 1. The van der Waals surface area contributed by atoms with Crippen molar-refractivity contribution in [3.05, 3.63) is 69.0 Å². The maximum absolute atomic E-state index is 13.5. The van der Waals surface area contributed by atoms with Gasteiger partial charge in [-0.15, -0.1) is 0 Å². The van der Waals surface area contributed by atoms with Gasteiger partial charge in [-0.3, -0.25) is 0 Å². The van der Waals surface area contributed by atoms with Crippen LogP contribution in [0.4, 0.5) is 4.39 Å². The Balaban J connectivity index is 2.47. The molecule has 0 saturated carbocycles. The second kappa shape index (κ2) is 7.26. The van der Waals surface area contributed by atoms with Crippen LogP contribution in [0.15, 0.2) is 36.4 Å². The zero-order valence-corrected chi connectivity index (χ0v) is 13.6. The van der Waals surface area contributed by atoms with E-state index in [4.69, 9.17) is 23.2 Å². The molecule has 0 aliphatic carbocycles. The highest BCUT2D eigenvalue weighted by Gasteiger charge is 2.18. The molecule has 112 valence electrons. The van der Waals surface area contributed by atoms with Crippen LogP contribution in [0.1, 0.15) is 36.1 Å². The molecule has 0 aromatic heterocycles. The lowest BCUT2D eigenvalue weighted by Gasteiger charge is -2.21. The fourth-order valence-electron chi connectivity index (χ4n) is 2.29. The Hall–Kier alpha value is -1.09. The van der Waals surface area contributed by atoms with E-state index >= 15 is 0 Å². The van der Waals surface area contributed by atoms with Crippen LogP contribution < -0.4 is 5.32 Å². The van der Waals surface area contributed by atoms with Gasteiger partial charge in [-0.2, -0.15) is 0 Å². The first kappa shape index (κ1) is 16.3. The van der Waals surface area contributed by atoms with E-state index in [-0.39, 0.29) is 11.9 Å². The fourth-order valence-corrected chi connectivity index (χ4v) is 2.70. The number of nitrogens with one attached hydrogen (secondary N) is 1. The summed E-state index contributed by atoms with van der Waals surface area (Å²) in [5, 5.41) is 4.51. The smallest absolute Gasteiger partial charge is 0.126 e. The molecular formula is C17H18Cl2FN. The van der Waals surface area contributed by atoms with Crippen molar-refractivity contribution in [2.45, 2.75) is 26.3 Å². The van der Waals surface area contributed by atoms with E-state index < -0.39 is 0 Å².